The van der Waals surface area contributed by atoms with E-state index in [1.54, 1.807) is 6.92 Å². The molecular formula is C10H13F3N2O. The van der Waals surface area contributed by atoms with Gasteiger partial charge in [0.1, 0.15) is 5.76 Å². The van der Waals surface area contributed by atoms with Gasteiger partial charge in [0.05, 0.1) is 5.69 Å². The maximum atomic E-state index is 12.4. The van der Waals surface area contributed by atoms with Crippen molar-refractivity contribution in [3.63, 3.8) is 0 Å². The maximum Gasteiger partial charge on any atom is 0.468 e. The van der Waals surface area contributed by atoms with Gasteiger partial charge in [-0.2, -0.15) is 13.2 Å². The van der Waals surface area contributed by atoms with Crippen molar-refractivity contribution in [2.45, 2.75) is 31.9 Å². The minimum absolute atomic E-state index is 0.0844. The second-order valence-electron chi connectivity index (χ2n) is 3.98. The number of rotatable bonds is 1. The summed E-state index contributed by atoms with van der Waals surface area (Å²) in [5.41, 5.74) is 0.467. The summed E-state index contributed by atoms with van der Waals surface area (Å²) in [4.78, 5) is 3.59. The Morgan fingerprint density at radius 1 is 1.31 bits per heavy atom. The molecule has 3 nitrogen and oxygen atoms in total. The van der Waals surface area contributed by atoms with Gasteiger partial charge in [-0.1, -0.05) is 0 Å². The van der Waals surface area contributed by atoms with E-state index < -0.39 is 12.1 Å². The van der Waals surface area contributed by atoms with Crippen LogP contribution in [-0.2, 0) is 6.18 Å². The van der Waals surface area contributed by atoms with Crippen molar-refractivity contribution in [1.29, 1.82) is 0 Å². The molecule has 2 rings (SSSR count). The van der Waals surface area contributed by atoms with Gasteiger partial charge in [0.25, 0.3) is 0 Å². The van der Waals surface area contributed by atoms with E-state index in [1.165, 1.54) is 0 Å². The van der Waals surface area contributed by atoms with Crippen LogP contribution in [0.4, 0.5) is 13.2 Å². The first-order chi connectivity index (χ1) is 7.48. The second-order valence-corrected chi connectivity index (χ2v) is 3.98. The van der Waals surface area contributed by atoms with E-state index in [1.807, 2.05) is 0 Å². The van der Waals surface area contributed by atoms with Crippen molar-refractivity contribution in [3.8, 4) is 0 Å². The third-order valence-corrected chi connectivity index (χ3v) is 2.80. The van der Waals surface area contributed by atoms with Gasteiger partial charge in [0.15, 0.2) is 0 Å². The smallest absolute Gasteiger partial charge is 0.438 e. The molecule has 1 fully saturated rings. The number of nitrogens with zero attached hydrogens (tertiary/aromatic N) is 1. The standard InChI is InChI=1S/C10H13F3N2O/c1-6-8(7-2-4-14-5-3-7)15-9(16-6)10(11,12)13/h7,14H,2-5H2,1H3. The summed E-state index contributed by atoms with van der Waals surface area (Å²) < 4.78 is 41.8. The fourth-order valence-corrected chi connectivity index (χ4v) is 2.00. The lowest BCUT2D eigenvalue weighted by Gasteiger charge is -2.20. The van der Waals surface area contributed by atoms with Gasteiger partial charge < -0.3 is 9.73 Å². The van der Waals surface area contributed by atoms with Crippen LogP contribution in [0.15, 0.2) is 4.42 Å². The lowest BCUT2D eigenvalue weighted by atomic mass is 9.94. The molecule has 0 amide bonds. The number of aryl methyl sites for hydroxylation is 1. The Hall–Kier alpha value is -1.04. The van der Waals surface area contributed by atoms with Gasteiger partial charge in [-0.25, -0.2) is 4.98 Å². The molecule has 2 heterocycles. The molecule has 0 saturated carbocycles. The highest BCUT2D eigenvalue weighted by Gasteiger charge is 2.39. The van der Waals surface area contributed by atoms with E-state index in [0.717, 1.165) is 25.9 Å². The van der Waals surface area contributed by atoms with Gasteiger partial charge in [0.2, 0.25) is 0 Å². The lowest BCUT2D eigenvalue weighted by Crippen LogP contribution is -2.27. The predicted molar refractivity (Wildman–Crippen MR) is 51.1 cm³/mol. The average Bonchev–Trinajstić information content (AvgIpc) is 2.61. The molecule has 1 aromatic heterocycles. The van der Waals surface area contributed by atoms with Crippen LogP contribution in [0.5, 0.6) is 0 Å². The summed E-state index contributed by atoms with van der Waals surface area (Å²) in [7, 11) is 0. The first-order valence-corrected chi connectivity index (χ1v) is 5.23. The number of oxazole rings is 1. The molecule has 1 aromatic rings. The third kappa shape index (κ3) is 2.21. The Labute approximate surface area is 91.0 Å². The van der Waals surface area contributed by atoms with Crippen LogP contribution in [0.3, 0.4) is 0 Å². The van der Waals surface area contributed by atoms with Crippen LogP contribution in [-0.4, -0.2) is 18.1 Å². The maximum absolute atomic E-state index is 12.4. The Morgan fingerprint density at radius 3 is 2.44 bits per heavy atom. The molecule has 6 heteroatoms. The molecule has 1 saturated heterocycles. The topological polar surface area (TPSA) is 38.1 Å². The summed E-state index contributed by atoms with van der Waals surface area (Å²) in [5.74, 6) is -0.751. The minimum Gasteiger partial charge on any atom is -0.438 e. The normalized spacial score (nSPS) is 19.0. The average molecular weight is 234 g/mol. The monoisotopic (exact) mass is 234 g/mol. The van der Waals surface area contributed by atoms with Crippen molar-refractivity contribution >= 4 is 0 Å². The largest absolute Gasteiger partial charge is 0.468 e. The molecule has 0 bridgehead atoms. The van der Waals surface area contributed by atoms with Crippen LogP contribution < -0.4 is 5.32 Å². The first kappa shape index (κ1) is 11.4. The second kappa shape index (κ2) is 4.08. The molecule has 0 spiro atoms. The lowest BCUT2D eigenvalue weighted by molar-refractivity contribution is -0.157. The number of piperidine rings is 1. The number of alkyl halides is 3. The Kier molecular flexibility index (Phi) is 2.92. The zero-order valence-corrected chi connectivity index (χ0v) is 8.90. The highest BCUT2D eigenvalue weighted by Crippen LogP contribution is 2.34. The highest BCUT2D eigenvalue weighted by molar-refractivity contribution is 5.15. The summed E-state index contributed by atoms with van der Waals surface area (Å²) in [5, 5.41) is 3.16. The van der Waals surface area contributed by atoms with Crippen molar-refractivity contribution in [3.05, 3.63) is 17.3 Å². The zero-order chi connectivity index (χ0) is 11.8. The Morgan fingerprint density at radius 2 is 1.94 bits per heavy atom. The molecule has 1 aliphatic rings. The SMILES string of the molecule is Cc1oc(C(F)(F)F)nc1C1CCNCC1. The fraction of sp³-hybridized carbons (Fsp3) is 0.700. The van der Waals surface area contributed by atoms with Crippen molar-refractivity contribution < 1.29 is 17.6 Å². The number of hydrogen-bond donors (Lipinski definition) is 1. The Bertz CT molecular complexity index is 367. The van der Waals surface area contributed by atoms with E-state index in [2.05, 4.69) is 14.7 Å². The van der Waals surface area contributed by atoms with Crippen molar-refractivity contribution in [1.82, 2.24) is 10.3 Å². The predicted octanol–water partition coefficient (Wildman–Crippen LogP) is 2.47. The number of halogens is 3. The quantitative estimate of drug-likeness (QED) is 0.811. The van der Waals surface area contributed by atoms with Crippen LogP contribution in [0.25, 0.3) is 0 Å². The van der Waals surface area contributed by atoms with Gasteiger partial charge in [-0.3, -0.25) is 0 Å². The zero-order valence-electron chi connectivity index (χ0n) is 8.90. The van der Waals surface area contributed by atoms with E-state index >= 15 is 0 Å². The van der Waals surface area contributed by atoms with Crippen LogP contribution in [0, 0.1) is 6.92 Å². The Balaban J connectivity index is 2.24. The molecule has 1 aliphatic heterocycles. The number of aromatic nitrogens is 1. The molecule has 0 radical (unpaired) electrons. The molecule has 1 N–H and O–H groups in total. The number of hydrogen-bond acceptors (Lipinski definition) is 3. The summed E-state index contributed by atoms with van der Waals surface area (Å²) in [6.07, 6.45) is -2.87. The number of nitrogens with one attached hydrogen (secondary N) is 1. The molecule has 16 heavy (non-hydrogen) atoms. The van der Waals surface area contributed by atoms with E-state index in [4.69, 9.17) is 0 Å². The highest BCUT2D eigenvalue weighted by atomic mass is 19.4. The third-order valence-electron chi connectivity index (χ3n) is 2.80. The van der Waals surface area contributed by atoms with Crippen LogP contribution in [0.2, 0.25) is 0 Å². The van der Waals surface area contributed by atoms with Gasteiger partial charge >= 0.3 is 12.1 Å². The van der Waals surface area contributed by atoms with E-state index in [0.29, 0.717) is 11.5 Å². The summed E-state index contributed by atoms with van der Waals surface area (Å²) >= 11 is 0. The molecule has 0 atom stereocenters. The minimum atomic E-state index is -4.49. The van der Waals surface area contributed by atoms with Gasteiger partial charge in [0, 0.05) is 5.92 Å². The van der Waals surface area contributed by atoms with Crippen LogP contribution in [0.1, 0.15) is 36.1 Å². The van der Waals surface area contributed by atoms with Crippen molar-refractivity contribution in [2.24, 2.45) is 0 Å². The molecule has 0 aromatic carbocycles. The molecule has 90 valence electrons. The summed E-state index contributed by atoms with van der Waals surface area (Å²) in [6.45, 7) is 3.18. The molecular weight excluding hydrogens is 221 g/mol. The molecule has 0 unspecified atom stereocenters. The van der Waals surface area contributed by atoms with E-state index in [9.17, 15) is 13.2 Å². The molecule has 0 aliphatic carbocycles. The summed E-state index contributed by atoms with van der Waals surface area (Å²) in [6, 6.07) is 0. The van der Waals surface area contributed by atoms with Gasteiger partial charge in [-0.15, -0.1) is 0 Å². The first-order valence-electron chi connectivity index (χ1n) is 5.23. The van der Waals surface area contributed by atoms with Gasteiger partial charge in [-0.05, 0) is 32.9 Å². The van der Waals surface area contributed by atoms with Crippen LogP contribution >= 0.6 is 0 Å². The van der Waals surface area contributed by atoms with Crippen molar-refractivity contribution in [2.75, 3.05) is 13.1 Å². The van der Waals surface area contributed by atoms with E-state index in [-0.39, 0.29) is 5.92 Å². The fourth-order valence-electron chi connectivity index (χ4n) is 2.00.